The van der Waals surface area contributed by atoms with E-state index in [1.807, 2.05) is 48.8 Å². The maximum atomic E-state index is 11.8. The van der Waals surface area contributed by atoms with E-state index >= 15 is 0 Å². The van der Waals surface area contributed by atoms with Crippen molar-refractivity contribution in [2.24, 2.45) is 7.05 Å². The maximum absolute atomic E-state index is 11.8. The van der Waals surface area contributed by atoms with Gasteiger partial charge in [0.15, 0.2) is 0 Å². The van der Waals surface area contributed by atoms with Crippen molar-refractivity contribution in [1.82, 2.24) is 19.4 Å². The van der Waals surface area contributed by atoms with Gasteiger partial charge in [-0.2, -0.15) is 0 Å². The van der Waals surface area contributed by atoms with Gasteiger partial charge in [0.2, 0.25) is 0 Å². The fraction of sp³-hybridized carbons (Fsp3) is 0.281. The number of aromatic nitrogens is 3. The minimum Gasteiger partial charge on any atom is -0.494 e. The van der Waals surface area contributed by atoms with E-state index in [0.29, 0.717) is 6.61 Å². The summed E-state index contributed by atoms with van der Waals surface area (Å²) in [5.41, 5.74) is 4.32. The highest BCUT2D eigenvalue weighted by molar-refractivity contribution is 5.80. The molecule has 0 aliphatic rings. The molecule has 0 saturated carbocycles. The van der Waals surface area contributed by atoms with Gasteiger partial charge in [0.1, 0.15) is 5.75 Å². The molecular formula is C32H34N4O2. The number of unbranched alkanes of at least 4 members (excludes halogenated alkanes) is 2. The first-order chi connectivity index (χ1) is 18.7. The molecule has 0 aliphatic heterocycles. The third-order valence-electron chi connectivity index (χ3n) is 6.97. The van der Waals surface area contributed by atoms with Crippen LogP contribution in [0, 0.1) is 0 Å². The van der Waals surface area contributed by atoms with E-state index in [2.05, 4.69) is 46.3 Å². The van der Waals surface area contributed by atoms with E-state index in [1.165, 1.54) is 10.9 Å². The lowest BCUT2D eigenvalue weighted by Crippen LogP contribution is -2.27. The highest BCUT2D eigenvalue weighted by atomic mass is 16.5. The number of rotatable bonds is 12. The molecule has 0 amide bonds. The molecular weight excluding hydrogens is 472 g/mol. The Balaban J connectivity index is 1.13. The number of fused-ring (bicyclic) bond motifs is 2. The van der Waals surface area contributed by atoms with Crippen molar-refractivity contribution in [3.8, 4) is 5.75 Å². The average Bonchev–Trinajstić information content (AvgIpc) is 2.96. The third kappa shape index (κ3) is 6.64. The lowest BCUT2D eigenvalue weighted by Gasteiger charge is -2.22. The SMILES string of the molecule is Cn1c(=O)ccc2cc(OCCCCCN(CCc3cccnc3)Cc3ccc4ccccc4n3)ccc21. The van der Waals surface area contributed by atoms with Crippen LogP contribution in [0.15, 0.2) is 96.1 Å². The van der Waals surface area contributed by atoms with Gasteiger partial charge in [-0.1, -0.05) is 30.3 Å². The number of pyridine rings is 3. The van der Waals surface area contributed by atoms with Crippen molar-refractivity contribution >= 4 is 21.8 Å². The summed E-state index contributed by atoms with van der Waals surface area (Å²) in [6.07, 6.45) is 7.94. The van der Waals surface area contributed by atoms with Crippen LogP contribution in [-0.2, 0) is 20.0 Å². The standard InChI is InChI=1S/C32H34N4O2/c1-35-31-15-14-29(22-27(31)12-16-32(35)37)38-21-6-2-5-19-36(20-17-25-8-7-18-33-23-25)24-28-13-11-26-9-3-4-10-30(26)34-28/h3-4,7-16,18,22-23H,2,5-6,17,19-21,24H2,1H3. The second-order valence-electron chi connectivity index (χ2n) is 9.74. The van der Waals surface area contributed by atoms with Gasteiger partial charge in [0, 0.05) is 49.4 Å². The Morgan fingerprint density at radius 2 is 1.76 bits per heavy atom. The van der Waals surface area contributed by atoms with Crippen LogP contribution in [0.2, 0.25) is 0 Å². The lowest BCUT2D eigenvalue weighted by atomic mass is 10.1. The molecule has 0 atom stereocenters. The van der Waals surface area contributed by atoms with Crippen molar-refractivity contribution in [2.75, 3.05) is 19.7 Å². The van der Waals surface area contributed by atoms with Crippen molar-refractivity contribution in [1.29, 1.82) is 0 Å². The van der Waals surface area contributed by atoms with Gasteiger partial charge in [0.05, 0.1) is 23.3 Å². The molecule has 3 heterocycles. The topological polar surface area (TPSA) is 60.2 Å². The Labute approximate surface area is 223 Å². The van der Waals surface area contributed by atoms with Gasteiger partial charge in [-0.15, -0.1) is 0 Å². The van der Waals surface area contributed by atoms with Crippen molar-refractivity contribution in [3.05, 3.63) is 113 Å². The highest BCUT2D eigenvalue weighted by Crippen LogP contribution is 2.20. The summed E-state index contributed by atoms with van der Waals surface area (Å²) in [7, 11) is 1.79. The Kier molecular flexibility index (Phi) is 8.41. The molecule has 0 spiro atoms. The maximum Gasteiger partial charge on any atom is 0.250 e. The molecule has 6 nitrogen and oxygen atoms in total. The molecule has 0 N–H and O–H groups in total. The van der Waals surface area contributed by atoms with Gasteiger partial charge in [-0.3, -0.25) is 19.7 Å². The fourth-order valence-corrected chi connectivity index (χ4v) is 4.79. The summed E-state index contributed by atoms with van der Waals surface area (Å²) in [5.74, 6) is 0.844. The number of para-hydroxylation sites is 1. The van der Waals surface area contributed by atoms with E-state index in [4.69, 9.17) is 9.72 Å². The third-order valence-corrected chi connectivity index (χ3v) is 6.97. The monoisotopic (exact) mass is 506 g/mol. The lowest BCUT2D eigenvalue weighted by molar-refractivity contribution is 0.251. The van der Waals surface area contributed by atoms with Crippen molar-refractivity contribution in [2.45, 2.75) is 32.2 Å². The molecule has 38 heavy (non-hydrogen) atoms. The molecule has 5 aromatic rings. The number of ether oxygens (including phenoxy) is 1. The Morgan fingerprint density at radius 1 is 0.868 bits per heavy atom. The van der Waals surface area contributed by atoms with Crippen LogP contribution in [0.4, 0.5) is 0 Å². The van der Waals surface area contributed by atoms with Gasteiger partial charge in [-0.05, 0) is 80.3 Å². The first-order valence-electron chi connectivity index (χ1n) is 13.3. The second-order valence-corrected chi connectivity index (χ2v) is 9.74. The average molecular weight is 507 g/mol. The molecule has 0 fully saturated rings. The number of aryl methyl sites for hydroxylation is 1. The zero-order chi connectivity index (χ0) is 26.2. The molecule has 0 saturated heterocycles. The van der Waals surface area contributed by atoms with E-state index in [-0.39, 0.29) is 5.56 Å². The Bertz CT molecular complexity index is 1550. The summed E-state index contributed by atoms with van der Waals surface area (Å²) >= 11 is 0. The second kappa shape index (κ2) is 12.5. The van der Waals surface area contributed by atoms with E-state index < -0.39 is 0 Å². The quantitative estimate of drug-likeness (QED) is 0.201. The zero-order valence-corrected chi connectivity index (χ0v) is 21.9. The molecule has 5 rings (SSSR count). The first kappa shape index (κ1) is 25.6. The summed E-state index contributed by atoms with van der Waals surface area (Å²) in [6, 6.07) is 26.1. The number of benzene rings is 2. The minimum absolute atomic E-state index is 0.00274. The number of hydrogen-bond acceptors (Lipinski definition) is 5. The van der Waals surface area contributed by atoms with Crippen LogP contribution in [0.1, 0.15) is 30.5 Å². The van der Waals surface area contributed by atoms with Crippen LogP contribution >= 0.6 is 0 Å². The van der Waals surface area contributed by atoms with Crippen LogP contribution < -0.4 is 10.3 Å². The molecule has 194 valence electrons. The Morgan fingerprint density at radius 3 is 2.66 bits per heavy atom. The van der Waals surface area contributed by atoms with Crippen LogP contribution in [0.5, 0.6) is 5.75 Å². The fourth-order valence-electron chi connectivity index (χ4n) is 4.79. The van der Waals surface area contributed by atoms with Crippen LogP contribution in [0.25, 0.3) is 21.8 Å². The minimum atomic E-state index is -0.00274. The highest BCUT2D eigenvalue weighted by Gasteiger charge is 2.09. The number of nitrogens with zero attached hydrogens (tertiary/aromatic N) is 4. The molecule has 0 radical (unpaired) electrons. The van der Waals surface area contributed by atoms with E-state index in [0.717, 1.165) is 73.2 Å². The molecule has 2 aromatic carbocycles. The predicted molar refractivity (Wildman–Crippen MR) is 153 cm³/mol. The number of hydrogen-bond donors (Lipinski definition) is 0. The molecule has 3 aromatic heterocycles. The zero-order valence-electron chi connectivity index (χ0n) is 21.9. The summed E-state index contributed by atoms with van der Waals surface area (Å²) in [5, 5.41) is 2.18. The normalized spacial score (nSPS) is 11.4. The van der Waals surface area contributed by atoms with Crippen LogP contribution in [-0.4, -0.2) is 39.1 Å². The van der Waals surface area contributed by atoms with Crippen molar-refractivity contribution in [3.63, 3.8) is 0 Å². The predicted octanol–water partition coefficient (Wildman–Crippen LogP) is 5.78. The summed E-state index contributed by atoms with van der Waals surface area (Å²) in [6.45, 7) is 3.50. The van der Waals surface area contributed by atoms with Gasteiger partial charge < -0.3 is 9.30 Å². The van der Waals surface area contributed by atoms with E-state index in [1.54, 1.807) is 17.7 Å². The molecule has 0 aliphatic carbocycles. The summed E-state index contributed by atoms with van der Waals surface area (Å²) in [4.78, 5) is 23.5. The smallest absolute Gasteiger partial charge is 0.250 e. The van der Waals surface area contributed by atoms with Crippen molar-refractivity contribution < 1.29 is 4.74 Å². The Hall–Kier alpha value is -4.03. The first-order valence-corrected chi connectivity index (χ1v) is 13.3. The van der Waals surface area contributed by atoms with Crippen LogP contribution in [0.3, 0.4) is 0 Å². The van der Waals surface area contributed by atoms with Gasteiger partial charge >= 0.3 is 0 Å². The van der Waals surface area contributed by atoms with Gasteiger partial charge in [0.25, 0.3) is 5.56 Å². The molecule has 0 bridgehead atoms. The molecule has 0 unspecified atom stereocenters. The largest absolute Gasteiger partial charge is 0.494 e. The molecule has 6 heteroatoms. The van der Waals surface area contributed by atoms with E-state index in [9.17, 15) is 4.79 Å². The van der Waals surface area contributed by atoms with Gasteiger partial charge in [-0.25, -0.2) is 0 Å². The summed E-state index contributed by atoms with van der Waals surface area (Å²) < 4.78 is 7.67.